The van der Waals surface area contributed by atoms with Gasteiger partial charge in [-0.05, 0) is 37.5 Å². The molecule has 1 aromatic heterocycles. The molecule has 0 spiro atoms. The van der Waals surface area contributed by atoms with Crippen molar-refractivity contribution in [1.29, 1.82) is 0 Å². The van der Waals surface area contributed by atoms with Crippen molar-refractivity contribution in [2.45, 2.75) is 19.8 Å². The highest BCUT2D eigenvalue weighted by Crippen LogP contribution is 2.23. The molecular formula is C20H18O2. The fraction of sp³-hybridized carbons (Fsp3) is 0.150. The Morgan fingerprint density at radius 3 is 2.59 bits per heavy atom. The maximum atomic E-state index is 12.4. The molecule has 2 heteroatoms. The Bertz CT molecular complexity index is 873. The van der Waals surface area contributed by atoms with Crippen molar-refractivity contribution in [3.05, 3.63) is 82.5 Å². The molecule has 110 valence electrons. The standard InChI is InChI=1S/C20H18O2/c1-14(2)8-9-15-10-11-19-17(12-15)18(21)13-20(22-19)16-6-4-3-5-7-16/h3-7,10-13H,1,8-9H2,2H3. The predicted octanol–water partition coefficient (Wildman–Crippen LogP) is 4.97. The Balaban J connectivity index is 2.03. The molecule has 22 heavy (non-hydrogen) atoms. The van der Waals surface area contributed by atoms with Crippen LogP contribution in [0, 0.1) is 0 Å². The van der Waals surface area contributed by atoms with Crippen LogP contribution < -0.4 is 5.43 Å². The fourth-order valence-corrected chi connectivity index (χ4v) is 2.46. The molecule has 0 bridgehead atoms. The second-order valence-corrected chi connectivity index (χ2v) is 5.63. The average Bonchev–Trinajstić information content (AvgIpc) is 2.54. The minimum Gasteiger partial charge on any atom is -0.456 e. The molecule has 2 aromatic carbocycles. The Kier molecular flexibility index (Phi) is 3.92. The first-order chi connectivity index (χ1) is 10.6. The van der Waals surface area contributed by atoms with E-state index in [0.29, 0.717) is 16.7 Å². The number of hydrogen-bond donors (Lipinski definition) is 0. The first-order valence-corrected chi connectivity index (χ1v) is 7.40. The van der Waals surface area contributed by atoms with Crippen LogP contribution in [0.25, 0.3) is 22.3 Å². The second-order valence-electron chi connectivity index (χ2n) is 5.63. The van der Waals surface area contributed by atoms with Gasteiger partial charge in [-0.15, -0.1) is 6.58 Å². The summed E-state index contributed by atoms with van der Waals surface area (Å²) < 4.78 is 5.89. The minimum absolute atomic E-state index is 0.00252. The van der Waals surface area contributed by atoms with Crippen LogP contribution in [-0.4, -0.2) is 0 Å². The molecule has 0 amide bonds. The van der Waals surface area contributed by atoms with E-state index in [1.54, 1.807) is 6.07 Å². The van der Waals surface area contributed by atoms with E-state index in [-0.39, 0.29) is 5.43 Å². The molecule has 0 fully saturated rings. The van der Waals surface area contributed by atoms with Crippen molar-refractivity contribution in [2.75, 3.05) is 0 Å². The number of hydrogen-bond acceptors (Lipinski definition) is 2. The third-order valence-electron chi connectivity index (χ3n) is 3.69. The quantitative estimate of drug-likeness (QED) is 0.635. The number of fused-ring (bicyclic) bond motifs is 1. The number of benzene rings is 2. The van der Waals surface area contributed by atoms with E-state index in [4.69, 9.17) is 4.42 Å². The molecule has 0 saturated carbocycles. The zero-order valence-corrected chi connectivity index (χ0v) is 12.6. The van der Waals surface area contributed by atoms with Crippen LogP contribution in [-0.2, 0) is 6.42 Å². The maximum Gasteiger partial charge on any atom is 0.193 e. The van der Waals surface area contributed by atoms with Crippen molar-refractivity contribution >= 4 is 11.0 Å². The van der Waals surface area contributed by atoms with Crippen LogP contribution in [0.2, 0.25) is 0 Å². The van der Waals surface area contributed by atoms with Gasteiger partial charge in [0.2, 0.25) is 0 Å². The smallest absolute Gasteiger partial charge is 0.193 e. The van der Waals surface area contributed by atoms with Gasteiger partial charge in [-0.25, -0.2) is 0 Å². The molecule has 0 aliphatic carbocycles. The van der Waals surface area contributed by atoms with Crippen molar-refractivity contribution in [3.63, 3.8) is 0 Å². The fourth-order valence-electron chi connectivity index (χ4n) is 2.46. The van der Waals surface area contributed by atoms with E-state index in [2.05, 4.69) is 6.58 Å². The lowest BCUT2D eigenvalue weighted by Gasteiger charge is -2.05. The van der Waals surface area contributed by atoms with E-state index >= 15 is 0 Å². The van der Waals surface area contributed by atoms with Crippen molar-refractivity contribution in [3.8, 4) is 11.3 Å². The molecule has 2 nitrogen and oxygen atoms in total. The van der Waals surface area contributed by atoms with Crippen molar-refractivity contribution < 1.29 is 4.42 Å². The van der Waals surface area contributed by atoms with Crippen LogP contribution in [0.15, 0.2) is 76.0 Å². The SMILES string of the molecule is C=C(C)CCc1ccc2oc(-c3ccccc3)cc(=O)c2c1. The summed E-state index contributed by atoms with van der Waals surface area (Å²) >= 11 is 0. The third-order valence-corrected chi connectivity index (χ3v) is 3.69. The first-order valence-electron chi connectivity index (χ1n) is 7.40. The maximum absolute atomic E-state index is 12.4. The van der Waals surface area contributed by atoms with E-state index in [1.807, 2.05) is 55.5 Å². The van der Waals surface area contributed by atoms with Gasteiger partial charge < -0.3 is 4.42 Å². The van der Waals surface area contributed by atoms with E-state index in [9.17, 15) is 4.79 Å². The van der Waals surface area contributed by atoms with Crippen LogP contribution in [0.1, 0.15) is 18.9 Å². The van der Waals surface area contributed by atoms with Crippen molar-refractivity contribution in [1.82, 2.24) is 0 Å². The van der Waals surface area contributed by atoms with Gasteiger partial charge in [0.25, 0.3) is 0 Å². The van der Waals surface area contributed by atoms with Crippen molar-refractivity contribution in [2.24, 2.45) is 0 Å². The molecule has 3 rings (SSSR count). The number of allylic oxidation sites excluding steroid dienone is 1. The highest BCUT2D eigenvalue weighted by Gasteiger charge is 2.07. The van der Waals surface area contributed by atoms with Crippen LogP contribution >= 0.6 is 0 Å². The third kappa shape index (κ3) is 3.01. The van der Waals surface area contributed by atoms with Crippen LogP contribution in [0.3, 0.4) is 0 Å². The minimum atomic E-state index is -0.00252. The Morgan fingerprint density at radius 1 is 1.09 bits per heavy atom. The first kappa shape index (κ1) is 14.3. The normalized spacial score (nSPS) is 10.8. The Labute approximate surface area is 129 Å². The predicted molar refractivity (Wildman–Crippen MR) is 91.1 cm³/mol. The van der Waals surface area contributed by atoms with Gasteiger partial charge in [-0.2, -0.15) is 0 Å². The summed E-state index contributed by atoms with van der Waals surface area (Å²) in [5.41, 5.74) is 3.82. The van der Waals surface area contributed by atoms with E-state index < -0.39 is 0 Å². The second kappa shape index (κ2) is 6.02. The molecule has 3 aromatic rings. The molecule has 0 N–H and O–H groups in total. The van der Waals surface area contributed by atoms with Crippen LogP contribution in [0.5, 0.6) is 0 Å². The molecule has 0 radical (unpaired) electrons. The zero-order chi connectivity index (χ0) is 15.5. The summed E-state index contributed by atoms with van der Waals surface area (Å²) in [6.07, 6.45) is 1.82. The number of aryl methyl sites for hydroxylation is 1. The van der Waals surface area contributed by atoms with Gasteiger partial charge >= 0.3 is 0 Å². The monoisotopic (exact) mass is 290 g/mol. The average molecular weight is 290 g/mol. The zero-order valence-electron chi connectivity index (χ0n) is 12.6. The highest BCUT2D eigenvalue weighted by molar-refractivity contribution is 5.79. The van der Waals surface area contributed by atoms with E-state index in [1.165, 1.54) is 0 Å². The summed E-state index contributed by atoms with van der Waals surface area (Å²) in [4.78, 5) is 12.4. The molecule has 0 saturated heterocycles. The summed E-state index contributed by atoms with van der Waals surface area (Å²) in [7, 11) is 0. The summed E-state index contributed by atoms with van der Waals surface area (Å²) in [5, 5.41) is 0.638. The molecule has 0 atom stereocenters. The lowest BCUT2D eigenvalue weighted by atomic mass is 10.0. The highest BCUT2D eigenvalue weighted by atomic mass is 16.3. The molecular weight excluding hydrogens is 272 g/mol. The summed E-state index contributed by atoms with van der Waals surface area (Å²) in [6, 6.07) is 17.1. The number of rotatable bonds is 4. The van der Waals surface area contributed by atoms with Gasteiger partial charge in [0.05, 0.1) is 5.39 Å². The van der Waals surface area contributed by atoms with Gasteiger partial charge in [0.1, 0.15) is 11.3 Å². The summed E-state index contributed by atoms with van der Waals surface area (Å²) in [5.74, 6) is 0.604. The molecule has 0 unspecified atom stereocenters. The molecule has 0 aliphatic rings. The largest absolute Gasteiger partial charge is 0.456 e. The summed E-state index contributed by atoms with van der Waals surface area (Å²) in [6.45, 7) is 5.93. The Hall–Kier alpha value is -2.61. The topological polar surface area (TPSA) is 30.2 Å². The van der Waals surface area contributed by atoms with Gasteiger partial charge in [-0.3, -0.25) is 4.79 Å². The van der Waals surface area contributed by atoms with Crippen LogP contribution in [0.4, 0.5) is 0 Å². The Morgan fingerprint density at radius 2 is 1.86 bits per heavy atom. The lowest BCUT2D eigenvalue weighted by Crippen LogP contribution is -2.01. The van der Waals surface area contributed by atoms with Gasteiger partial charge in [-0.1, -0.05) is 42.0 Å². The molecule has 0 aliphatic heterocycles. The lowest BCUT2D eigenvalue weighted by molar-refractivity contribution is 0.618. The molecule has 1 heterocycles. The van der Waals surface area contributed by atoms with E-state index in [0.717, 1.165) is 29.5 Å². The van der Waals surface area contributed by atoms with Gasteiger partial charge in [0, 0.05) is 11.6 Å². The van der Waals surface area contributed by atoms with Gasteiger partial charge in [0.15, 0.2) is 5.43 Å².